The number of likely N-dealkylation sites (tertiary alicyclic amines) is 1. The van der Waals surface area contributed by atoms with Gasteiger partial charge < -0.3 is 19.7 Å². The van der Waals surface area contributed by atoms with Crippen LogP contribution in [0, 0.1) is 0 Å². The maximum Gasteiger partial charge on any atom is 0.197 e. The molecule has 1 aromatic carbocycles. The van der Waals surface area contributed by atoms with Crippen molar-refractivity contribution in [1.82, 2.24) is 9.47 Å². The minimum Gasteiger partial charge on any atom is -0.494 e. The molecule has 0 radical (unpaired) electrons. The Hall–Kier alpha value is -2.34. The molecule has 0 saturated carbocycles. The van der Waals surface area contributed by atoms with E-state index in [-0.39, 0.29) is 17.3 Å². The molecule has 3 aliphatic rings. The number of aromatic hydroxyl groups is 2. The van der Waals surface area contributed by atoms with Crippen LogP contribution >= 0.6 is 0 Å². The Balaban J connectivity index is 1.19. The van der Waals surface area contributed by atoms with Crippen molar-refractivity contribution < 1.29 is 19.7 Å². The molecule has 6 heteroatoms. The molecule has 1 spiro atoms. The van der Waals surface area contributed by atoms with Crippen LogP contribution in [0.5, 0.6) is 23.3 Å². The van der Waals surface area contributed by atoms with Crippen LogP contribution < -0.4 is 9.47 Å². The lowest BCUT2D eigenvalue weighted by Crippen LogP contribution is -2.52. The highest BCUT2D eigenvalue weighted by Crippen LogP contribution is 2.43. The maximum absolute atomic E-state index is 10.4. The fraction of sp³-hybridized carbons (Fsp3) is 0.615. The summed E-state index contributed by atoms with van der Waals surface area (Å²) in [6.07, 6.45) is 9.04. The van der Waals surface area contributed by atoms with Crippen molar-refractivity contribution in [3.05, 3.63) is 34.9 Å². The van der Waals surface area contributed by atoms with Crippen molar-refractivity contribution in [3.63, 3.8) is 0 Å². The summed E-state index contributed by atoms with van der Waals surface area (Å²) >= 11 is 0. The molecule has 1 aromatic heterocycles. The largest absolute Gasteiger partial charge is 0.494 e. The van der Waals surface area contributed by atoms with Gasteiger partial charge in [-0.3, -0.25) is 9.47 Å². The average molecular weight is 441 g/mol. The lowest BCUT2D eigenvalue weighted by Gasteiger charge is -2.42. The van der Waals surface area contributed by atoms with Crippen LogP contribution in [0.2, 0.25) is 0 Å². The number of hydrogen-bond acceptors (Lipinski definition) is 5. The van der Waals surface area contributed by atoms with E-state index in [4.69, 9.17) is 9.47 Å². The standard InChI is InChI=1S/C26H36N2O4/c1-2-13-27-14-7-12-26(27)17-21-22(10-6-11-23(21)32-18-26)31-16-4-3-15-28-24(29)19-8-5-9-20(19)25(28)30/h6,10-11,29-30H,2-5,7-9,12-18H2,1H3. The first kappa shape index (κ1) is 21.5. The number of benzene rings is 1. The molecule has 2 aliphatic heterocycles. The third kappa shape index (κ3) is 3.72. The van der Waals surface area contributed by atoms with E-state index < -0.39 is 0 Å². The van der Waals surface area contributed by atoms with Crippen LogP contribution in [0.15, 0.2) is 18.2 Å². The molecule has 3 heterocycles. The fourth-order valence-corrected chi connectivity index (χ4v) is 5.99. The van der Waals surface area contributed by atoms with E-state index in [0.717, 1.165) is 80.8 Å². The topological polar surface area (TPSA) is 67.1 Å². The van der Waals surface area contributed by atoms with Gasteiger partial charge in [-0.25, -0.2) is 0 Å². The minimum absolute atomic E-state index is 0.117. The van der Waals surface area contributed by atoms with Gasteiger partial charge >= 0.3 is 0 Å². The maximum atomic E-state index is 10.4. The summed E-state index contributed by atoms with van der Waals surface area (Å²) in [5.41, 5.74) is 3.20. The molecule has 1 fully saturated rings. The van der Waals surface area contributed by atoms with Gasteiger partial charge in [0.1, 0.15) is 18.1 Å². The summed E-state index contributed by atoms with van der Waals surface area (Å²) in [5, 5.41) is 20.8. The Morgan fingerprint density at radius 2 is 1.84 bits per heavy atom. The van der Waals surface area contributed by atoms with Gasteiger partial charge in [0.25, 0.3) is 0 Å². The molecule has 2 N–H and O–H groups in total. The molecule has 174 valence electrons. The average Bonchev–Trinajstić information content (AvgIpc) is 3.48. The second-order valence-corrected chi connectivity index (χ2v) is 9.68. The monoisotopic (exact) mass is 440 g/mol. The Morgan fingerprint density at radius 3 is 2.62 bits per heavy atom. The lowest BCUT2D eigenvalue weighted by atomic mass is 9.86. The molecule has 1 aliphatic carbocycles. The number of unbranched alkanes of at least 4 members (excludes halogenated alkanes) is 1. The van der Waals surface area contributed by atoms with Crippen molar-refractivity contribution >= 4 is 0 Å². The predicted octanol–water partition coefficient (Wildman–Crippen LogP) is 4.43. The van der Waals surface area contributed by atoms with Crippen LogP contribution in [0.1, 0.15) is 62.1 Å². The zero-order chi connectivity index (χ0) is 22.1. The molecule has 5 rings (SSSR count). The quantitative estimate of drug-likeness (QED) is 0.595. The first-order valence-corrected chi connectivity index (χ1v) is 12.4. The third-order valence-corrected chi connectivity index (χ3v) is 7.63. The number of hydrogen-bond donors (Lipinski definition) is 2. The van der Waals surface area contributed by atoms with Gasteiger partial charge in [-0.05, 0) is 76.6 Å². The van der Waals surface area contributed by atoms with Gasteiger partial charge in [0, 0.05) is 29.7 Å². The Labute approximate surface area is 190 Å². The van der Waals surface area contributed by atoms with Crippen molar-refractivity contribution in [2.75, 3.05) is 26.3 Å². The number of ether oxygens (including phenoxy) is 2. The van der Waals surface area contributed by atoms with Gasteiger partial charge in [-0.15, -0.1) is 0 Å². The normalized spacial score (nSPS) is 22.2. The first-order chi connectivity index (χ1) is 15.6. The molecule has 0 bridgehead atoms. The second kappa shape index (κ2) is 8.89. The molecule has 32 heavy (non-hydrogen) atoms. The molecular weight excluding hydrogens is 404 g/mol. The molecule has 6 nitrogen and oxygen atoms in total. The number of aromatic nitrogens is 1. The molecule has 1 unspecified atom stereocenters. The highest BCUT2D eigenvalue weighted by molar-refractivity contribution is 5.48. The molecule has 1 saturated heterocycles. The van der Waals surface area contributed by atoms with E-state index in [9.17, 15) is 10.2 Å². The van der Waals surface area contributed by atoms with Crippen LogP contribution in [-0.4, -0.2) is 51.5 Å². The Morgan fingerprint density at radius 1 is 1.03 bits per heavy atom. The van der Waals surface area contributed by atoms with Crippen molar-refractivity contribution in [2.45, 2.75) is 76.8 Å². The van der Waals surface area contributed by atoms with Crippen LogP contribution in [0.25, 0.3) is 0 Å². The fourth-order valence-electron chi connectivity index (χ4n) is 5.99. The lowest BCUT2D eigenvalue weighted by molar-refractivity contribution is 0.0591. The van der Waals surface area contributed by atoms with E-state index in [2.05, 4.69) is 24.0 Å². The van der Waals surface area contributed by atoms with Crippen LogP contribution in [0.3, 0.4) is 0 Å². The summed E-state index contributed by atoms with van der Waals surface area (Å²) in [7, 11) is 0. The van der Waals surface area contributed by atoms with Crippen LogP contribution in [0.4, 0.5) is 0 Å². The highest BCUT2D eigenvalue weighted by atomic mass is 16.5. The van der Waals surface area contributed by atoms with Gasteiger partial charge in [0.2, 0.25) is 0 Å². The zero-order valence-corrected chi connectivity index (χ0v) is 19.2. The van der Waals surface area contributed by atoms with Crippen molar-refractivity contribution in [2.24, 2.45) is 0 Å². The number of rotatable bonds is 8. The predicted molar refractivity (Wildman–Crippen MR) is 124 cm³/mol. The first-order valence-electron chi connectivity index (χ1n) is 12.4. The Bertz CT molecular complexity index is 942. The van der Waals surface area contributed by atoms with Crippen molar-refractivity contribution in [3.8, 4) is 23.3 Å². The zero-order valence-electron chi connectivity index (χ0n) is 19.2. The molecule has 0 amide bonds. The van der Waals surface area contributed by atoms with E-state index >= 15 is 0 Å². The molecular formula is C26H36N2O4. The number of fused-ring (bicyclic) bond motifs is 2. The van der Waals surface area contributed by atoms with E-state index in [1.165, 1.54) is 24.8 Å². The van der Waals surface area contributed by atoms with E-state index in [1.807, 2.05) is 6.07 Å². The van der Waals surface area contributed by atoms with Crippen LogP contribution in [-0.2, 0) is 25.8 Å². The minimum atomic E-state index is 0.117. The summed E-state index contributed by atoms with van der Waals surface area (Å²) in [6.45, 7) is 6.54. The smallest absolute Gasteiger partial charge is 0.197 e. The van der Waals surface area contributed by atoms with E-state index in [1.54, 1.807) is 4.57 Å². The Kier molecular flexibility index (Phi) is 5.97. The van der Waals surface area contributed by atoms with Crippen molar-refractivity contribution in [1.29, 1.82) is 0 Å². The molecule has 1 atom stereocenters. The summed E-state index contributed by atoms with van der Waals surface area (Å²) in [6, 6.07) is 6.14. The van der Waals surface area contributed by atoms with Gasteiger partial charge in [0.15, 0.2) is 11.8 Å². The molecule has 2 aromatic rings. The number of nitrogens with zero attached hydrogens (tertiary/aromatic N) is 2. The summed E-state index contributed by atoms with van der Waals surface area (Å²) < 4.78 is 14.1. The highest BCUT2D eigenvalue weighted by Gasteiger charge is 2.44. The van der Waals surface area contributed by atoms with E-state index in [0.29, 0.717) is 13.2 Å². The van der Waals surface area contributed by atoms with Gasteiger partial charge in [0.05, 0.1) is 12.1 Å². The second-order valence-electron chi connectivity index (χ2n) is 9.68. The van der Waals surface area contributed by atoms with Gasteiger partial charge in [-0.2, -0.15) is 0 Å². The third-order valence-electron chi connectivity index (χ3n) is 7.63. The summed E-state index contributed by atoms with van der Waals surface area (Å²) in [5.74, 6) is 2.41. The van der Waals surface area contributed by atoms with Gasteiger partial charge in [-0.1, -0.05) is 13.0 Å². The SMILES string of the molecule is CCCN1CCCC12COc1cccc(OCCCCn3c(O)c4c(c3O)CCC4)c1C2. The summed E-state index contributed by atoms with van der Waals surface area (Å²) in [4.78, 5) is 2.63.